The first-order chi connectivity index (χ1) is 14.6. The summed E-state index contributed by atoms with van der Waals surface area (Å²) in [4.78, 5) is 13.1. The topological polar surface area (TPSA) is 101 Å². The minimum atomic E-state index is -0.409. The summed E-state index contributed by atoms with van der Waals surface area (Å²) < 4.78 is 16.7. The molecule has 148 valence electrons. The highest BCUT2D eigenvalue weighted by molar-refractivity contribution is 6.09. The summed E-state index contributed by atoms with van der Waals surface area (Å²) in [7, 11) is 0. The minimum absolute atomic E-state index is 0.0968. The number of rotatable bonds is 4. The van der Waals surface area contributed by atoms with Crippen molar-refractivity contribution in [1.29, 1.82) is 0 Å². The third kappa shape index (κ3) is 2.98. The van der Waals surface area contributed by atoms with Gasteiger partial charge in [0, 0.05) is 23.8 Å². The largest absolute Gasteiger partial charge is 0.508 e. The number of benzene rings is 2. The van der Waals surface area contributed by atoms with E-state index < -0.39 is 5.91 Å². The number of hydrogen-bond donors (Lipinski definition) is 3. The molecular weight excluding hydrogens is 387 g/mol. The second-order valence-corrected chi connectivity index (χ2v) is 6.62. The highest BCUT2D eigenvalue weighted by Gasteiger charge is 2.21. The van der Waals surface area contributed by atoms with Gasteiger partial charge < -0.3 is 15.0 Å². The molecule has 3 aromatic heterocycles. The van der Waals surface area contributed by atoms with Crippen molar-refractivity contribution in [3.63, 3.8) is 0 Å². The fraction of sp³-hybridized carbons (Fsp3) is 0. The molecule has 0 radical (unpaired) electrons. The molecule has 30 heavy (non-hydrogen) atoms. The molecule has 0 saturated heterocycles. The lowest BCUT2D eigenvalue weighted by molar-refractivity contribution is 0.102. The summed E-state index contributed by atoms with van der Waals surface area (Å²) in [6.45, 7) is 0. The van der Waals surface area contributed by atoms with Crippen LogP contribution >= 0.6 is 0 Å². The normalized spacial score (nSPS) is 11.1. The zero-order valence-corrected chi connectivity index (χ0v) is 15.5. The van der Waals surface area contributed by atoms with Crippen LogP contribution in [-0.4, -0.2) is 35.6 Å². The van der Waals surface area contributed by atoms with Gasteiger partial charge in [0.2, 0.25) is 0 Å². The minimum Gasteiger partial charge on any atom is -0.508 e. The number of carbonyl (C=O) groups excluding carboxylic acids is 1. The number of anilines is 1. The SMILES string of the molecule is O=C(Nc1n[nH]c2cc(O)ccc12)c1cnn(-c2ccc(F)cc2)c1-n1cccc1. The average molecular weight is 402 g/mol. The lowest BCUT2D eigenvalue weighted by Crippen LogP contribution is -2.15. The van der Waals surface area contributed by atoms with Crippen molar-refractivity contribution in [2.45, 2.75) is 0 Å². The van der Waals surface area contributed by atoms with E-state index in [4.69, 9.17) is 0 Å². The first kappa shape index (κ1) is 17.7. The fourth-order valence-electron chi connectivity index (χ4n) is 3.28. The van der Waals surface area contributed by atoms with Gasteiger partial charge in [-0.1, -0.05) is 0 Å². The maximum atomic E-state index is 13.3. The Bertz CT molecular complexity index is 1350. The van der Waals surface area contributed by atoms with Gasteiger partial charge in [0.25, 0.3) is 5.91 Å². The molecule has 3 N–H and O–H groups in total. The number of nitrogens with zero attached hydrogens (tertiary/aromatic N) is 4. The van der Waals surface area contributed by atoms with Gasteiger partial charge in [-0.15, -0.1) is 0 Å². The van der Waals surface area contributed by atoms with Gasteiger partial charge in [0.1, 0.15) is 17.1 Å². The summed E-state index contributed by atoms with van der Waals surface area (Å²) in [5, 5.41) is 24.3. The number of H-pyrrole nitrogens is 1. The van der Waals surface area contributed by atoms with Gasteiger partial charge in [-0.3, -0.25) is 9.89 Å². The van der Waals surface area contributed by atoms with Crippen LogP contribution in [0.4, 0.5) is 10.2 Å². The molecule has 2 aromatic carbocycles. The van der Waals surface area contributed by atoms with Crippen molar-refractivity contribution < 1.29 is 14.3 Å². The molecule has 0 aliphatic carbocycles. The van der Waals surface area contributed by atoms with Crippen LogP contribution in [-0.2, 0) is 0 Å². The van der Waals surface area contributed by atoms with Gasteiger partial charge in [-0.05, 0) is 48.5 Å². The molecule has 0 unspecified atom stereocenters. The molecule has 3 heterocycles. The van der Waals surface area contributed by atoms with Crippen LogP contribution in [0, 0.1) is 5.82 Å². The van der Waals surface area contributed by atoms with Crippen molar-refractivity contribution in [1.82, 2.24) is 24.5 Å². The second-order valence-electron chi connectivity index (χ2n) is 6.62. The Balaban J connectivity index is 1.56. The van der Waals surface area contributed by atoms with Crippen molar-refractivity contribution in [3.8, 4) is 17.3 Å². The van der Waals surface area contributed by atoms with E-state index in [0.717, 1.165) is 0 Å². The Hall–Kier alpha value is -4.40. The number of nitrogens with one attached hydrogen (secondary N) is 2. The predicted octanol–water partition coefficient (Wildman–Crippen LogP) is 3.64. The van der Waals surface area contributed by atoms with Crippen LogP contribution < -0.4 is 5.32 Å². The van der Waals surface area contributed by atoms with Gasteiger partial charge in [-0.2, -0.15) is 10.2 Å². The van der Waals surface area contributed by atoms with Crippen LogP contribution in [0.3, 0.4) is 0 Å². The molecule has 0 aliphatic heterocycles. The summed E-state index contributed by atoms with van der Waals surface area (Å²) in [5.74, 6) is 0.167. The van der Waals surface area contributed by atoms with E-state index in [0.29, 0.717) is 33.8 Å². The van der Waals surface area contributed by atoms with Gasteiger partial charge in [0.05, 0.1) is 17.4 Å². The van der Waals surface area contributed by atoms with Crippen molar-refractivity contribution in [3.05, 3.63) is 84.6 Å². The van der Waals surface area contributed by atoms with Crippen LogP contribution in [0.25, 0.3) is 22.4 Å². The lowest BCUT2D eigenvalue weighted by atomic mass is 10.2. The smallest absolute Gasteiger partial charge is 0.262 e. The number of aromatic amines is 1. The van der Waals surface area contributed by atoms with Gasteiger partial charge in [0.15, 0.2) is 11.6 Å². The van der Waals surface area contributed by atoms with E-state index in [9.17, 15) is 14.3 Å². The molecule has 0 spiro atoms. The number of fused-ring (bicyclic) bond motifs is 1. The van der Waals surface area contributed by atoms with Crippen molar-refractivity contribution >= 4 is 22.6 Å². The Morgan fingerprint density at radius 3 is 2.63 bits per heavy atom. The molecule has 8 nitrogen and oxygen atoms in total. The highest BCUT2D eigenvalue weighted by Crippen LogP contribution is 2.26. The van der Waals surface area contributed by atoms with Crippen LogP contribution in [0.15, 0.2) is 73.2 Å². The number of aromatic nitrogens is 5. The zero-order valence-electron chi connectivity index (χ0n) is 15.5. The molecule has 0 bridgehead atoms. The Morgan fingerprint density at radius 2 is 1.87 bits per heavy atom. The Morgan fingerprint density at radius 1 is 1.10 bits per heavy atom. The summed E-state index contributed by atoms with van der Waals surface area (Å²) in [5.41, 5.74) is 1.52. The molecule has 9 heteroatoms. The molecule has 0 fully saturated rings. The van der Waals surface area contributed by atoms with Crippen LogP contribution in [0.5, 0.6) is 5.75 Å². The van der Waals surface area contributed by atoms with E-state index in [2.05, 4.69) is 20.6 Å². The molecule has 0 atom stereocenters. The maximum absolute atomic E-state index is 13.3. The van der Waals surface area contributed by atoms with Gasteiger partial charge >= 0.3 is 0 Å². The maximum Gasteiger partial charge on any atom is 0.262 e. The average Bonchev–Trinajstić information content (AvgIpc) is 3.48. The first-order valence-corrected chi connectivity index (χ1v) is 9.06. The fourth-order valence-corrected chi connectivity index (χ4v) is 3.28. The number of carbonyl (C=O) groups is 1. The predicted molar refractivity (Wildman–Crippen MR) is 109 cm³/mol. The number of amides is 1. The quantitative estimate of drug-likeness (QED) is 0.427. The third-order valence-electron chi connectivity index (χ3n) is 4.69. The van der Waals surface area contributed by atoms with Gasteiger partial charge in [-0.25, -0.2) is 9.07 Å². The molecule has 5 aromatic rings. The standard InChI is InChI=1S/C21H15FN6O2/c22-13-3-5-14(6-4-13)28-21(27-9-1-2-10-27)17(12-23-28)20(30)24-19-16-8-7-15(29)11-18(16)25-26-19/h1-12,29H,(H2,24,25,26,30). The Labute approximate surface area is 169 Å². The van der Waals surface area contributed by atoms with E-state index in [1.807, 2.05) is 12.1 Å². The van der Waals surface area contributed by atoms with Crippen molar-refractivity contribution in [2.24, 2.45) is 0 Å². The second kappa shape index (κ2) is 6.89. The number of halogens is 1. The summed E-state index contributed by atoms with van der Waals surface area (Å²) in [6.07, 6.45) is 5.04. The van der Waals surface area contributed by atoms with E-state index in [1.165, 1.54) is 30.5 Å². The molecular formula is C21H15FN6O2. The monoisotopic (exact) mass is 402 g/mol. The molecule has 5 rings (SSSR count). The van der Waals surface area contributed by atoms with Crippen molar-refractivity contribution in [2.75, 3.05) is 5.32 Å². The van der Waals surface area contributed by atoms with E-state index in [-0.39, 0.29) is 11.6 Å². The highest BCUT2D eigenvalue weighted by atomic mass is 19.1. The van der Waals surface area contributed by atoms with Crippen LogP contribution in [0.2, 0.25) is 0 Å². The Kier molecular flexibility index (Phi) is 4.06. The third-order valence-corrected chi connectivity index (χ3v) is 4.69. The molecule has 0 saturated carbocycles. The number of aromatic hydroxyl groups is 1. The molecule has 1 amide bonds. The van der Waals surface area contributed by atoms with E-state index in [1.54, 1.807) is 39.8 Å². The first-order valence-electron chi connectivity index (χ1n) is 9.06. The van der Waals surface area contributed by atoms with E-state index >= 15 is 0 Å². The number of hydrogen-bond acceptors (Lipinski definition) is 4. The zero-order chi connectivity index (χ0) is 20.7. The summed E-state index contributed by atoms with van der Waals surface area (Å²) in [6, 6.07) is 14.2. The van der Waals surface area contributed by atoms with Crippen LogP contribution in [0.1, 0.15) is 10.4 Å². The summed E-state index contributed by atoms with van der Waals surface area (Å²) >= 11 is 0. The lowest BCUT2D eigenvalue weighted by Gasteiger charge is -2.11. The number of phenols is 1. The number of phenolic OH excluding ortho intramolecular Hbond substituents is 1. The molecule has 0 aliphatic rings.